The Labute approximate surface area is 144 Å². The van der Waals surface area contributed by atoms with Crippen LogP contribution in [0.3, 0.4) is 0 Å². The van der Waals surface area contributed by atoms with Crippen molar-refractivity contribution in [3.8, 4) is 5.75 Å². The van der Waals surface area contributed by atoms with Crippen LogP contribution < -0.4 is 4.74 Å². The number of benzene rings is 1. The lowest BCUT2D eigenvalue weighted by Gasteiger charge is -2.22. The second-order valence-electron chi connectivity index (χ2n) is 6.32. The molecule has 7 heteroatoms. The van der Waals surface area contributed by atoms with Gasteiger partial charge in [-0.1, -0.05) is 6.07 Å². The zero-order chi connectivity index (χ0) is 17.9. The first-order valence-electron chi connectivity index (χ1n) is 8.09. The van der Waals surface area contributed by atoms with E-state index in [-0.39, 0.29) is 12.3 Å². The molecule has 6 nitrogen and oxygen atoms in total. The zero-order valence-electron chi connectivity index (χ0n) is 14.8. The minimum atomic E-state index is -3.20. The predicted octanol–water partition coefficient (Wildman–Crippen LogP) is 1.35. The molecule has 2 rings (SSSR count). The lowest BCUT2D eigenvalue weighted by molar-refractivity contribution is -0.130. The third kappa shape index (κ3) is 4.48. The van der Waals surface area contributed by atoms with Gasteiger partial charge in [-0.05, 0) is 37.5 Å². The number of hydrogen-bond acceptors (Lipinski definition) is 4. The first-order valence-corrected chi connectivity index (χ1v) is 9.94. The lowest BCUT2D eigenvalue weighted by atomic mass is 10.0. The monoisotopic (exact) mass is 354 g/mol. The number of methoxy groups -OCH3 is 1. The Bertz CT molecular complexity index is 716. The Morgan fingerprint density at radius 3 is 2.42 bits per heavy atom. The highest BCUT2D eigenvalue weighted by molar-refractivity contribution is 7.88. The molecule has 0 bridgehead atoms. The molecule has 0 unspecified atom stereocenters. The van der Waals surface area contributed by atoms with Gasteiger partial charge < -0.3 is 9.64 Å². The number of nitrogens with zero attached hydrogens (tertiary/aromatic N) is 2. The molecule has 1 heterocycles. The van der Waals surface area contributed by atoms with Crippen LogP contribution in [0.25, 0.3) is 0 Å². The van der Waals surface area contributed by atoms with Crippen LogP contribution >= 0.6 is 0 Å². The van der Waals surface area contributed by atoms with Gasteiger partial charge >= 0.3 is 0 Å². The zero-order valence-corrected chi connectivity index (χ0v) is 15.6. The molecular formula is C17H26N2O4S. The summed E-state index contributed by atoms with van der Waals surface area (Å²) in [5, 5.41) is 0. The van der Waals surface area contributed by atoms with Gasteiger partial charge in [-0.25, -0.2) is 12.7 Å². The molecule has 0 spiro atoms. The standard InChI is InChI=1S/C17H26N2O4S/c1-13-10-15(16(23-3)11-14(13)2)12-17(20)18-6-5-7-19(9-8-18)24(4,21)22/h10-11H,5-9,12H2,1-4H3. The van der Waals surface area contributed by atoms with Gasteiger partial charge in [0, 0.05) is 31.7 Å². The van der Waals surface area contributed by atoms with Gasteiger partial charge in [-0.15, -0.1) is 0 Å². The van der Waals surface area contributed by atoms with Gasteiger partial charge in [0.05, 0.1) is 19.8 Å². The van der Waals surface area contributed by atoms with Gasteiger partial charge in [0.2, 0.25) is 15.9 Å². The summed E-state index contributed by atoms with van der Waals surface area (Å²) in [6.45, 7) is 5.86. The predicted molar refractivity (Wildman–Crippen MR) is 93.8 cm³/mol. The van der Waals surface area contributed by atoms with Crippen molar-refractivity contribution in [1.29, 1.82) is 0 Å². The molecule has 0 atom stereocenters. The number of ether oxygens (including phenoxy) is 1. The van der Waals surface area contributed by atoms with Crippen molar-refractivity contribution in [3.05, 3.63) is 28.8 Å². The van der Waals surface area contributed by atoms with Gasteiger partial charge in [0.1, 0.15) is 5.75 Å². The molecule has 24 heavy (non-hydrogen) atoms. The molecule has 1 aliphatic rings. The first kappa shape index (κ1) is 18.7. The second kappa shape index (κ2) is 7.53. The molecule has 134 valence electrons. The molecule has 1 aliphatic heterocycles. The van der Waals surface area contributed by atoms with Crippen molar-refractivity contribution < 1.29 is 17.9 Å². The van der Waals surface area contributed by atoms with E-state index in [2.05, 4.69) is 0 Å². The molecule has 1 saturated heterocycles. The van der Waals surface area contributed by atoms with Crippen LogP contribution in [0.4, 0.5) is 0 Å². The number of carbonyl (C=O) groups excluding carboxylic acids is 1. The summed E-state index contributed by atoms with van der Waals surface area (Å²) >= 11 is 0. The van der Waals surface area contributed by atoms with E-state index in [9.17, 15) is 13.2 Å². The quantitative estimate of drug-likeness (QED) is 0.819. The van der Waals surface area contributed by atoms with Crippen molar-refractivity contribution in [1.82, 2.24) is 9.21 Å². The van der Waals surface area contributed by atoms with Crippen molar-refractivity contribution in [2.45, 2.75) is 26.7 Å². The summed E-state index contributed by atoms with van der Waals surface area (Å²) < 4.78 is 30.2. The molecule has 0 N–H and O–H groups in total. The third-order valence-electron chi connectivity index (χ3n) is 4.52. The van der Waals surface area contributed by atoms with E-state index >= 15 is 0 Å². The molecule has 0 saturated carbocycles. The van der Waals surface area contributed by atoms with E-state index < -0.39 is 10.0 Å². The smallest absolute Gasteiger partial charge is 0.227 e. The fraction of sp³-hybridized carbons (Fsp3) is 0.588. The number of sulfonamides is 1. The molecular weight excluding hydrogens is 328 g/mol. The Kier molecular flexibility index (Phi) is 5.87. The molecule has 1 fully saturated rings. The minimum Gasteiger partial charge on any atom is -0.496 e. The number of aryl methyl sites for hydroxylation is 2. The Morgan fingerprint density at radius 2 is 1.79 bits per heavy atom. The second-order valence-corrected chi connectivity index (χ2v) is 8.30. The highest BCUT2D eigenvalue weighted by atomic mass is 32.2. The summed E-state index contributed by atoms with van der Waals surface area (Å²) in [5.74, 6) is 0.728. The summed E-state index contributed by atoms with van der Waals surface area (Å²) in [6.07, 6.45) is 2.14. The SMILES string of the molecule is COc1cc(C)c(C)cc1CC(=O)N1CCCN(S(C)(=O)=O)CC1. The van der Waals surface area contributed by atoms with E-state index in [4.69, 9.17) is 4.74 Å². The van der Waals surface area contributed by atoms with E-state index in [1.165, 1.54) is 10.6 Å². The van der Waals surface area contributed by atoms with Crippen LogP contribution in [0.5, 0.6) is 5.75 Å². The molecule has 0 aromatic heterocycles. The lowest BCUT2D eigenvalue weighted by Crippen LogP contribution is -2.37. The first-order chi connectivity index (χ1) is 11.2. The molecule has 1 aromatic rings. The number of carbonyl (C=O) groups is 1. The van der Waals surface area contributed by atoms with Crippen LogP contribution in [0, 0.1) is 13.8 Å². The van der Waals surface area contributed by atoms with Crippen molar-refractivity contribution in [2.24, 2.45) is 0 Å². The molecule has 0 radical (unpaired) electrons. The topological polar surface area (TPSA) is 66.9 Å². The average Bonchev–Trinajstić information content (AvgIpc) is 2.76. The fourth-order valence-corrected chi connectivity index (χ4v) is 3.80. The maximum absolute atomic E-state index is 12.6. The highest BCUT2D eigenvalue weighted by Crippen LogP contribution is 2.24. The maximum Gasteiger partial charge on any atom is 0.227 e. The van der Waals surface area contributed by atoms with E-state index in [0.29, 0.717) is 32.6 Å². The van der Waals surface area contributed by atoms with Gasteiger partial charge in [-0.2, -0.15) is 0 Å². The molecule has 1 amide bonds. The van der Waals surface area contributed by atoms with Gasteiger partial charge in [-0.3, -0.25) is 4.79 Å². The van der Waals surface area contributed by atoms with Crippen LogP contribution in [0.15, 0.2) is 12.1 Å². The normalized spacial score (nSPS) is 16.8. The van der Waals surface area contributed by atoms with Crippen molar-refractivity contribution >= 4 is 15.9 Å². The van der Waals surface area contributed by atoms with Crippen LogP contribution in [0.2, 0.25) is 0 Å². The average molecular weight is 354 g/mol. The maximum atomic E-state index is 12.6. The van der Waals surface area contributed by atoms with E-state index in [1.807, 2.05) is 26.0 Å². The molecule has 1 aromatic carbocycles. The summed E-state index contributed by atoms with van der Waals surface area (Å²) in [5.41, 5.74) is 3.12. The van der Waals surface area contributed by atoms with E-state index in [1.54, 1.807) is 12.0 Å². The Balaban J connectivity index is 2.09. The minimum absolute atomic E-state index is 0.00639. The summed E-state index contributed by atoms with van der Waals surface area (Å²) in [7, 11) is -1.60. The molecule has 0 aliphatic carbocycles. The highest BCUT2D eigenvalue weighted by Gasteiger charge is 2.24. The van der Waals surface area contributed by atoms with Crippen molar-refractivity contribution in [2.75, 3.05) is 39.5 Å². The summed E-state index contributed by atoms with van der Waals surface area (Å²) in [4.78, 5) is 14.4. The number of rotatable bonds is 4. The van der Waals surface area contributed by atoms with Crippen LogP contribution in [-0.2, 0) is 21.2 Å². The van der Waals surface area contributed by atoms with E-state index in [0.717, 1.165) is 22.4 Å². The third-order valence-corrected chi connectivity index (χ3v) is 5.82. The van der Waals surface area contributed by atoms with Crippen LogP contribution in [-0.4, -0.2) is 63.1 Å². The summed E-state index contributed by atoms with van der Waals surface area (Å²) in [6, 6.07) is 3.94. The number of amides is 1. The van der Waals surface area contributed by atoms with Gasteiger partial charge in [0.25, 0.3) is 0 Å². The largest absolute Gasteiger partial charge is 0.496 e. The number of hydrogen-bond donors (Lipinski definition) is 0. The van der Waals surface area contributed by atoms with Crippen LogP contribution in [0.1, 0.15) is 23.1 Å². The Morgan fingerprint density at radius 1 is 1.12 bits per heavy atom. The Hall–Kier alpha value is -1.60. The van der Waals surface area contributed by atoms with Gasteiger partial charge in [0.15, 0.2) is 0 Å². The van der Waals surface area contributed by atoms with Crippen molar-refractivity contribution in [3.63, 3.8) is 0 Å². The fourth-order valence-electron chi connectivity index (χ4n) is 2.93.